The molecule has 0 heterocycles. The molecule has 0 fully saturated rings. The molecule has 1 atom stereocenters. The first kappa shape index (κ1) is 15.6. The Hall–Kier alpha value is -1.82. The van der Waals surface area contributed by atoms with Crippen molar-refractivity contribution < 1.29 is 0 Å². The molecular formula is C21H26. The van der Waals surface area contributed by atoms with Crippen molar-refractivity contribution in [1.82, 2.24) is 0 Å². The molecule has 0 spiro atoms. The minimum Gasteiger partial charge on any atom is -0.102 e. The van der Waals surface area contributed by atoms with Gasteiger partial charge in [0.1, 0.15) is 0 Å². The summed E-state index contributed by atoms with van der Waals surface area (Å²) in [6.07, 6.45) is 27.8. The van der Waals surface area contributed by atoms with Gasteiger partial charge in [0.15, 0.2) is 0 Å². The van der Waals surface area contributed by atoms with Crippen LogP contribution in [0.1, 0.15) is 39.0 Å². The smallest absolute Gasteiger partial charge is 0.00473 e. The summed E-state index contributed by atoms with van der Waals surface area (Å²) in [6.45, 7) is 6.19. The molecule has 0 nitrogen and oxygen atoms in total. The average molecular weight is 278 g/mol. The second-order valence-corrected chi connectivity index (χ2v) is 5.71. The van der Waals surface area contributed by atoms with E-state index in [9.17, 15) is 0 Å². The van der Waals surface area contributed by atoms with Gasteiger partial charge in [0, 0.05) is 0 Å². The maximum absolute atomic E-state index is 3.95. The molecule has 110 valence electrons. The molecule has 21 heavy (non-hydrogen) atoms. The molecule has 0 N–H and O–H groups in total. The van der Waals surface area contributed by atoms with Gasteiger partial charge in [0.2, 0.25) is 0 Å². The summed E-state index contributed by atoms with van der Waals surface area (Å²) >= 11 is 0. The van der Waals surface area contributed by atoms with Gasteiger partial charge in [-0.05, 0) is 49.2 Å². The number of hydrogen-bond acceptors (Lipinski definition) is 0. The predicted molar refractivity (Wildman–Crippen MR) is 94.1 cm³/mol. The van der Waals surface area contributed by atoms with Crippen molar-refractivity contribution in [1.29, 1.82) is 0 Å². The SMILES string of the molecule is C=CC1C=C(C/C(=C/C=C2/C=CC=CC2)CC)C=CCC1. The van der Waals surface area contributed by atoms with E-state index in [1.165, 1.54) is 23.1 Å². The second-order valence-electron chi connectivity index (χ2n) is 5.71. The van der Waals surface area contributed by atoms with Gasteiger partial charge in [-0.3, -0.25) is 0 Å². The van der Waals surface area contributed by atoms with Crippen molar-refractivity contribution in [3.05, 3.63) is 84.1 Å². The van der Waals surface area contributed by atoms with E-state index in [1.807, 2.05) is 0 Å². The number of rotatable bonds is 5. The first-order chi connectivity index (χ1) is 10.3. The lowest BCUT2D eigenvalue weighted by molar-refractivity contribution is 0.725. The second kappa shape index (κ2) is 8.46. The lowest BCUT2D eigenvalue weighted by atomic mass is 9.97. The number of hydrogen-bond donors (Lipinski definition) is 0. The Morgan fingerprint density at radius 3 is 2.90 bits per heavy atom. The quantitative estimate of drug-likeness (QED) is 0.523. The van der Waals surface area contributed by atoms with Crippen molar-refractivity contribution in [3.63, 3.8) is 0 Å². The summed E-state index contributed by atoms with van der Waals surface area (Å²) in [4.78, 5) is 0. The summed E-state index contributed by atoms with van der Waals surface area (Å²) in [6, 6.07) is 0. The van der Waals surface area contributed by atoms with Gasteiger partial charge >= 0.3 is 0 Å². The normalized spacial score (nSPS) is 24.0. The average Bonchev–Trinajstić information content (AvgIpc) is 2.77. The van der Waals surface area contributed by atoms with Gasteiger partial charge < -0.3 is 0 Å². The van der Waals surface area contributed by atoms with Crippen LogP contribution in [0.15, 0.2) is 84.1 Å². The zero-order chi connectivity index (χ0) is 14.9. The highest BCUT2D eigenvalue weighted by Gasteiger charge is 2.06. The Labute approximate surface area is 129 Å². The van der Waals surface area contributed by atoms with E-state index in [0.29, 0.717) is 5.92 Å². The molecule has 2 aliphatic rings. The van der Waals surface area contributed by atoms with Crippen LogP contribution < -0.4 is 0 Å². The number of allylic oxidation sites excluding steroid dienone is 13. The van der Waals surface area contributed by atoms with Crippen molar-refractivity contribution in [2.24, 2.45) is 5.92 Å². The monoisotopic (exact) mass is 278 g/mol. The highest BCUT2D eigenvalue weighted by atomic mass is 14.1. The molecule has 0 amide bonds. The Kier molecular flexibility index (Phi) is 6.27. The summed E-state index contributed by atoms with van der Waals surface area (Å²) in [5.74, 6) is 0.526. The van der Waals surface area contributed by atoms with Gasteiger partial charge in [0.25, 0.3) is 0 Å². The summed E-state index contributed by atoms with van der Waals surface area (Å²) < 4.78 is 0. The zero-order valence-corrected chi connectivity index (χ0v) is 13.1. The van der Waals surface area contributed by atoms with Crippen molar-refractivity contribution in [2.75, 3.05) is 0 Å². The molecular weight excluding hydrogens is 252 g/mol. The minimum absolute atomic E-state index is 0.526. The van der Waals surface area contributed by atoms with E-state index in [4.69, 9.17) is 0 Å². The van der Waals surface area contributed by atoms with Crippen LogP contribution in [0.3, 0.4) is 0 Å². The first-order valence-corrected chi connectivity index (χ1v) is 8.03. The van der Waals surface area contributed by atoms with Gasteiger partial charge in [-0.2, -0.15) is 0 Å². The molecule has 0 saturated carbocycles. The molecule has 0 heteroatoms. The third kappa shape index (κ3) is 5.23. The van der Waals surface area contributed by atoms with Gasteiger partial charge in [-0.15, -0.1) is 6.58 Å². The molecule has 2 rings (SSSR count). The molecule has 0 aromatic heterocycles. The molecule has 0 aromatic carbocycles. The van der Waals surface area contributed by atoms with Gasteiger partial charge in [-0.25, -0.2) is 0 Å². The summed E-state index contributed by atoms with van der Waals surface area (Å²) in [5, 5.41) is 0. The van der Waals surface area contributed by atoms with E-state index >= 15 is 0 Å². The van der Waals surface area contributed by atoms with E-state index in [-0.39, 0.29) is 0 Å². The molecule has 0 aliphatic heterocycles. The predicted octanol–water partition coefficient (Wildman–Crippen LogP) is 6.23. The zero-order valence-electron chi connectivity index (χ0n) is 13.1. The minimum atomic E-state index is 0.526. The molecule has 0 bridgehead atoms. The summed E-state index contributed by atoms with van der Waals surface area (Å²) in [5.41, 5.74) is 4.31. The van der Waals surface area contributed by atoms with Crippen LogP contribution in [0.2, 0.25) is 0 Å². The van der Waals surface area contributed by atoms with Gasteiger partial charge in [0.05, 0.1) is 0 Å². The van der Waals surface area contributed by atoms with E-state index in [1.54, 1.807) is 0 Å². The third-order valence-corrected chi connectivity index (χ3v) is 4.06. The van der Waals surface area contributed by atoms with Crippen LogP contribution >= 0.6 is 0 Å². The fraction of sp³-hybridized carbons (Fsp3) is 0.333. The van der Waals surface area contributed by atoms with Crippen molar-refractivity contribution in [3.8, 4) is 0 Å². The standard InChI is InChI=1S/C21H26/c1-3-18-10-8-9-13-21(16-18)17-19(4-2)14-15-20-11-6-5-7-12-20/h3,5-7,9,11,13-16,18H,1,4,8,10,12,17H2,2H3/b19-14+,20-15-. The van der Waals surface area contributed by atoms with E-state index in [0.717, 1.165) is 25.7 Å². The lowest BCUT2D eigenvalue weighted by Crippen LogP contribution is -1.92. The molecule has 1 unspecified atom stereocenters. The van der Waals surface area contributed by atoms with Crippen molar-refractivity contribution in [2.45, 2.75) is 39.0 Å². The summed E-state index contributed by atoms with van der Waals surface area (Å²) in [7, 11) is 0. The lowest BCUT2D eigenvalue weighted by Gasteiger charge is -2.08. The highest BCUT2D eigenvalue weighted by molar-refractivity contribution is 5.35. The maximum Gasteiger partial charge on any atom is -0.00473 e. The van der Waals surface area contributed by atoms with Crippen molar-refractivity contribution >= 4 is 0 Å². The third-order valence-electron chi connectivity index (χ3n) is 4.06. The van der Waals surface area contributed by atoms with Gasteiger partial charge in [-0.1, -0.05) is 73.3 Å². The molecule has 0 saturated heterocycles. The van der Waals surface area contributed by atoms with Crippen LogP contribution in [0.4, 0.5) is 0 Å². The van der Waals surface area contributed by atoms with Crippen LogP contribution in [0, 0.1) is 5.92 Å². The van der Waals surface area contributed by atoms with Crippen LogP contribution in [-0.4, -0.2) is 0 Å². The first-order valence-electron chi connectivity index (χ1n) is 8.03. The van der Waals surface area contributed by atoms with E-state index < -0.39 is 0 Å². The molecule has 0 radical (unpaired) electrons. The highest BCUT2D eigenvalue weighted by Crippen LogP contribution is 2.24. The molecule has 2 aliphatic carbocycles. The van der Waals surface area contributed by atoms with Crippen LogP contribution in [0.25, 0.3) is 0 Å². The van der Waals surface area contributed by atoms with E-state index in [2.05, 4.69) is 74.3 Å². The Morgan fingerprint density at radius 2 is 2.19 bits per heavy atom. The Bertz CT molecular complexity index is 532. The van der Waals surface area contributed by atoms with Crippen LogP contribution in [0.5, 0.6) is 0 Å². The van der Waals surface area contributed by atoms with Crippen LogP contribution in [-0.2, 0) is 0 Å². The fourth-order valence-electron chi connectivity index (χ4n) is 2.68. The largest absolute Gasteiger partial charge is 0.102 e. The fourth-order valence-corrected chi connectivity index (χ4v) is 2.68. The Morgan fingerprint density at radius 1 is 1.29 bits per heavy atom. The maximum atomic E-state index is 3.95. The Balaban J connectivity index is 2.07. The topological polar surface area (TPSA) is 0 Å². The molecule has 0 aromatic rings.